The van der Waals surface area contributed by atoms with Crippen molar-refractivity contribution in [2.75, 3.05) is 11.5 Å². The third-order valence-corrected chi connectivity index (χ3v) is 13.9. The predicted octanol–water partition coefficient (Wildman–Crippen LogP) is 8.23. The molecule has 0 heterocycles. The molecule has 10 heteroatoms. The minimum atomic E-state index is -5.66. The van der Waals surface area contributed by atoms with E-state index in [-0.39, 0.29) is 22.4 Å². The highest BCUT2D eigenvalue weighted by Crippen LogP contribution is 2.69. The number of ketones is 1. The maximum atomic E-state index is 13.0. The molecule has 0 aliphatic heterocycles. The molecule has 4 aliphatic carbocycles. The van der Waals surface area contributed by atoms with Crippen molar-refractivity contribution in [2.24, 2.45) is 34.5 Å². The third kappa shape index (κ3) is 6.64. The summed E-state index contributed by atoms with van der Waals surface area (Å²) in [7, 11) is -3.67. The summed E-state index contributed by atoms with van der Waals surface area (Å²) in [6.45, 7) is 6.66. The fraction of sp³-hybridized carbons (Fsp3) is 0.906. The number of fused-ring (bicyclic) bond motifs is 5. The molecule has 0 radical (unpaired) electrons. The van der Waals surface area contributed by atoms with E-state index in [1.807, 2.05) is 13.0 Å². The van der Waals surface area contributed by atoms with Crippen LogP contribution in [0.15, 0.2) is 11.6 Å². The van der Waals surface area contributed by atoms with Gasteiger partial charge < -0.3 is 5.11 Å². The van der Waals surface area contributed by atoms with Gasteiger partial charge in [-0.2, -0.15) is 22.0 Å². The molecule has 0 aromatic heterocycles. The van der Waals surface area contributed by atoms with E-state index in [4.69, 9.17) is 0 Å². The SMILES string of the molecule is C[C@]12CCC(=O)C=C1C[C@@H](CCCCCCCS(=O)(=O)CCCC(F)(F)C(F)(F)F)[C@@H]1[C@@H]2CC[C@@]2(C)[C@H]1CC[C@]2(C)O. The van der Waals surface area contributed by atoms with Crippen LogP contribution in [-0.4, -0.2) is 48.5 Å². The van der Waals surface area contributed by atoms with Crippen LogP contribution >= 0.6 is 0 Å². The van der Waals surface area contributed by atoms with Gasteiger partial charge in [-0.3, -0.25) is 4.79 Å². The number of carbonyl (C=O) groups excluding carboxylic acids is 1. The van der Waals surface area contributed by atoms with Gasteiger partial charge in [-0.1, -0.05) is 45.1 Å². The van der Waals surface area contributed by atoms with Crippen molar-refractivity contribution in [2.45, 2.75) is 135 Å². The number of aliphatic hydroxyl groups is 1. The summed E-state index contributed by atoms with van der Waals surface area (Å²) < 4.78 is 87.3. The molecule has 0 aromatic carbocycles. The van der Waals surface area contributed by atoms with E-state index in [0.29, 0.717) is 42.9 Å². The molecule has 0 amide bonds. The van der Waals surface area contributed by atoms with E-state index in [1.54, 1.807) is 0 Å². The van der Waals surface area contributed by atoms with Gasteiger partial charge in [0.1, 0.15) is 9.84 Å². The van der Waals surface area contributed by atoms with Crippen molar-refractivity contribution in [3.05, 3.63) is 11.6 Å². The van der Waals surface area contributed by atoms with E-state index in [9.17, 15) is 40.3 Å². The summed E-state index contributed by atoms with van der Waals surface area (Å²) >= 11 is 0. The zero-order valence-corrected chi connectivity index (χ0v) is 26.2. The second-order valence-corrected chi connectivity index (χ2v) is 16.9. The number of alkyl halides is 5. The summed E-state index contributed by atoms with van der Waals surface area (Å²) in [6, 6.07) is 0. The molecule has 3 fully saturated rings. The van der Waals surface area contributed by atoms with Gasteiger partial charge >= 0.3 is 12.1 Å². The molecule has 4 rings (SSSR count). The number of carbonyl (C=O) groups is 1. The summed E-state index contributed by atoms with van der Waals surface area (Å²) in [5.41, 5.74) is 0.616. The lowest BCUT2D eigenvalue weighted by molar-refractivity contribution is -0.284. The van der Waals surface area contributed by atoms with Crippen LogP contribution in [0.3, 0.4) is 0 Å². The fourth-order valence-electron chi connectivity index (χ4n) is 9.26. The molecular formula is C32H49F5O4S. The first-order valence-electron chi connectivity index (χ1n) is 15.9. The maximum absolute atomic E-state index is 13.0. The third-order valence-electron chi connectivity index (χ3n) is 12.1. The van der Waals surface area contributed by atoms with Crippen molar-refractivity contribution in [1.82, 2.24) is 0 Å². The predicted molar refractivity (Wildman–Crippen MR) is 153 cm³/mol. The topological polar surface area (TPSA) is 71.4 Å². The lowest BCUT2D eigenvalue weighted by Gasteiger charge is -2.61. The molecule has 3 saturated carbocycles. The standard InChI is InChI=1S/C32H49F5O4S/c1-28-15-11-24(38)21-23(28)20-22(27-25(28)12-16-29(2)26(27)13-17-30(29,3)39)10-7-5-4-6-8-18-42(40,41)19-9-14-31(33,34)32(35,36)37/h21-22,25-27,39H,4-20H2,1-3H3/t22-,25+,26+,27-,28+,29+,30+/m1/s1. The molecule has 0 unspecified atom stereocenters. The molecule has 242 valence electrons. The Morgan fingerprint density at radius 2 is 1.50 bits per heavy atom. The molecule has 0 spiro atoms. The average Bonchev–Trinajstić information content (AvgIpc) is 3.11. The van der Waals surface area contributed by atoms with Crippen molar-refractivity contribution in [3.8, 4) is 0 Å². The Bertz CT molecular complexity index is 1130. The summed E-state index contributed by atoms with van der Waals surface area (Å²) in [6.07, 6.45) is 5.28. The average molecular weight is 625 g/mol. The van der Waals surface area contributed by atoms with E-state index < -0.39 is 46.1 Å². The fourth-order valence-corrected chi connectivity index (χ4v) is 10.7. The number of hydrogen-bond acceptors (Lipinski definition) is 4. The van der Waals surface area contributed by atoms with Gasteiger partial charge in [0, 0.05) is 12.8 Å². The number of unbranched alkanes of at least 4 members (excludes halogenated alkanes) is 4. The molecule has 42 heavy (non-hydrogen) atoms. The van der Waals surface area contributed by atoms with Crippen LogP contribution in [-0.2, 0) is 14.6 Å². The van der Waals surface area contributed by atoms with Crippen LogP contribution in [0.4, 0.5) is 22.0 Å². The monoisotopic (exact) mass is 624 g/mol. The Hall–Kier alpha value is -1.03. The Balaban J connectivity index is 1.28. The van der Waals surface area contributed by atoms with Crippen LogP contribution in [0.2, 0.25) is 0 Å². The molecule has 4 aliphatic rings. The zero-order valence-electron chi connectivity index (χ0n) is 25.4. The van der Waals surface area contributed by atoms with Crippen molar-refractivity contribution < 1.29 is 40.3 Å². The van der Waals surface area contributed by atoms with Crippen LogP contribution in [0.25, 0.3) is 0 Å². The molecule has 7 atom stereocenters. The Morgan fingerprint density at radius 1 is 0.881 bits per heavy atom. The van der Waals surface area contributed by atoms with Gasteiger partial charge in [-0.25, -0.2) is 8.42 Å². The Labute approximate surface area is 248 Å². The van der Waals surface area contributed by atoms with Gasteiger partial charge in [-0.05, 0) is 105 Å². The molecule has 4 nitrogen and oxygen atoms in total. The highest BCUT2D eigenvalue weighted by atomic mass is 32.2. The van der Waals surface area contributed by atoms with Crippen LogP contribution < -0.4 is 0 Å². The van der Waals surface area contributed by atoms with Gasteiger partial charge in [0.05, 0.1) is 17.1 Å². The smallest absolute Gasteiger partial charge is 0.390 e. The van der Waals surface area contributed by atoms with Crippen LogP contribution in [0.5, 0.6) is 0 Å². The molecular weight excluding hydrogens is 575 g/mol. The normalized spacial score (nSPS) is 37.2. The van der Waals surface area contributed by atoms with E-state index >= 15 is 0 Å². The quantitative estimate of drug-likeness (QED) is 0.175. The first-order valence-corrected chi connectivity index (χ1v) is 17.8. The van der Waals surface area contributed by atoms with Gasteiger partial charge in [0.2, 0.25) is 0 Å². The maximum Gasteiger partial charge on any atom is 0.453 e. The first kappa shape index (κ1) is 33.9. The summed E-state index contributed by atoms with van der Waals surface area (Å²) in [4.78, 5) is 12.4. The second kappa shape index (κ2) is 12.1. The van der Waals surface area contributed by atoms with Crippen molar-refractivity contribution >= 4 is 15.6 Å². The van der Waals surface area contributed by atoms with Crippen molar-refractivity contribution in [3.63, 3.8) is 0 Å². The van der Waals surface area contributed by atoms with Gasteiger partial charge in [0.15, 0.2) is 5.78 Å². The van der Waals surface area contributed by atoms with E-state index in [0.717, 1.165) is 64.2 Å². The highest BCUT2D eigenvalue weighted by molar-refractivity contribution is 7.91. The molecule has 0 aromatic rings. The number of hydrogen-bond donors (Lipinski definition) is 1. The number of rotatable bonds is 12. The lowest BCUT2D eigenvalue weighted by atomic mass is 9.44. The second-order valence-electron chi connectivity index (χ2n) is 14.6. The summed E-state index contributed by atoms with van der Waals surface area (Å²) in [5.74, 6) is -3.54. The van der Waals surface area contributed by atoms with Crippen LogP contribution in [0, 0.1) is 34.5 Å². The first-order chi connectivity index (χ1) is 19.3. The molecule has 0 bridgehead atoms. The number of allylic oxidation sites excluding steroid dienone is 1. The minimum Gasteiger partial charge on any atom is -0.390 e. The number of sulfone groups is 1. The largest absolute Gasteiger partial charge is 0.453 e. The molecule has 0 saturated heterocycles. The van der Waals surface area contributed by atoms with Crippen LogP contribution in [0.1, 0.15) is 117 Å². The van der Waals surface area contributed by atoms with Crippen molar-refractivity contribution in [1.29, 1.82) is 0 Å². The van der Waals surface area contributed by atoms with E-state index in [1.165, 1.54) is 5.57 Å². The summed E-state index contributed by atoms with van der Waals surface area (Å²) in [5, 5.41) is 11.3. The Morgan fingerprint density at radius 3 is 2.19 bits per heavy atom. The zero-order chi connectivity index (χ0) is 31.2. The minimum absolute atomic E-state index is 0.0546. The van der Waals surface area contributed by atoms with E-state index in [2.05, 4.69) is 13.8 Å². The lowest BCUT2D eigenvalue weighted by Crippen LogP contribution is -2.56. The highest BCUT2D eigenvalue weighted by Gasteiger charge is 2.64. The molecule has 1 N–H and O–H groups in total. The van der Waals surface area contributed by atoms with Gasteiger partial charge in [-0.15, -0.1) is 0 Å². The van der Waals surface area contributed by atoms with Gasteiger partial charge in [0.25, 0.3) is 0 Å². The number of halogens is 5. The Kier molecular flexibility index (Phi) is 9.71.